The fourth-order valence-corrected chi connectivity index (χ4v) is 2.12. The summed E-state index contributed by atoms with van der Waals surface area (Å²) in [4.78, 5) is 0. The van der Waals surface area contributed by atoms with E-state index in [1.807, 2.05) is 0 Å². The lowest BCUT2D eigenvalue weighted by Crippen LogP contribution is -2.26. The monoisotopic (exact) mass is 241 g/mol. The summed E-state index contributed by atoms with van der Waals surface area (Å²) >= 11 is 0. The second-order valence-corrected chi connectivity index (χ2v) is 4.45. The van der Waals surface area contributed by atoms with E-state index < -0.39 is 0 Å². The average Bonchev–Trinajstić information content (AvgIpc) is 2.15. The van der Waals surface area contributed by atoms with Crippen molar-refractivity contribution in [1.29, 1.82) is 0 Å². The van der Waals surface area contributed by atoms with E-state index in [2.05, 4.69) is 25.1 Å². The van der Waals surface area contributed by atoms with Crippen LogP contribution in [0.4, 0.5) is 0 Å². The Morgan fingerprint density at radius 2 is 2.06 bits per heavy atom. The van der Waals surface area contributed by atoms with Gasteiger partial charge in [0.2, 0.25) is 0 Å². The molecule has 0 saturated heterocycles. The fraction of sp³-hybridized carbons (Fsp3) is 0.538. The van der Waals surface area contributed by atoms with Gasteiger partial charge in [-0.15, -0.1) is 12.4 Å². The third kappa shape index (κ3) is 2.50. The zero-order valence-corrected chi connectivity index (χ0v) is 10.7. The number of aryl methyl sites for hydroxylation is 1. The maximum atomic E-state index is 6.22. The quantitative estimate of drug-likeness (QED) is 0.882. The molecule has 0 amide bonds. The van der Waals surface area contributed by atoms with E-state index in [-0.39, 0.29) is 18.4 Å². The highest BCUT2D eigenvalue weighted by molar-refractivity contribution is 5.85. The molecule has 1 aliphatic carbocycles. The van der Waals surface area contributed by atoms with Crippen LogP contribution < -0.4 is 10.5 Å². The molecule has 0 aliphatic heterocycles. The Balaban J connectivity index is 0.00000128. The third-order valence-corrected chi connectivity index (χ3v) is 3.47. The van der Waals surface area contributed by atoms with Crippen molar-refractivity contribution >= 4 is 12.4 Å². The summed E-state index contributed by atoms with van der Waals surface area (Å²) < 4.78 is 5.31. The molecule has 0 aromatic heterocycles. The fourth-order valence-electron chi connectivity index (χ4n) is 2.12. The maximum absolute atomic E-state index is 6.22. The lowest BCUT2D eigenvalue weighted by atomic mass is 9.77. The number of nitrogens with two attached hydrogens (primary N) is 1. The SMILES string of the molecule is COc1cc([C@H](N)C2CCC2)ccc1C.Cl. The summed E-state index contributed by atoms with van der Waals surface area (Å²) in [5.41, 5.74) is 8.60. The van der Waals surface area contributed by atoms with Crippen LogP contribution in [-0.4, -0.2) is 7.11 Å². The van der Waals surface area contributed by atoms with Gasteiger partial charge in [-0.1, -0.05) is 18.6 Å². The second-order valence-electron chi connectivity index (χ2n) is 4.45. The lowest BCUT2D eigenvalue weighted by Gasteiger charge is -2.31. The van der Waals surface area contributed by atoms with Gasteiger partial charge in [0, 0.05) is 6.04 Å². The lowest BCUT2D eigenvalue weighted by molar-refractivity contribution is 0.264. The molecule has 2 N–H and O–H groups in total. The smallest absolute Gasteiger partial charge is 0.122 e. The molecule has 16 heavy (non-hydrogen) atoms. The molecule has 3 heteroatoms. The molecule has 2 rings (SSSR count). The third-order valence-electron chi connectivity index (χ3n) is 3.47. The van der Waals surface area contributed by atoms with Gasteiger partial charge in [-0.3, -0.25) is 0 Å². The zero-order valence-electron chi connectivity index (χ0n) is 9.90. The Bertz CT molecular complexity index is 350. The van der Waals surface area contributed by atoms with E-state index in [1.165, 1.54) is 30.4 Å². The average molecular weight is 242 g/mol. The Labute approximate surface area is 104 Å². The number of hydrogen-bond donors (Lipinski definition) is 1. The predicted octanol–water partition coefficient (Wildman–Crippen LogP) is 3.23. The van der Waals surface area contributed by atoms with Crippen LogP contribution in [0.15, 0.2) is 18.2 Å². The van der Waals surface area contributed by atoms with Crippen molar-refractivity contribution in [2.75, 3.05) is 7.11 Å². The van der Waals surface area contributed by atoms with Gasteiger partial charge in [-0.05, 0) is 42.9 Å². The summed E-state index contributed by atoms with van der Waals surface area (Å²) in [6.07, 6.45) is 3.89. The van der Waals surface area contributed by atoms with Gasteiger partial charge < -0.3 is 10.5 Å². The molecule has 1 aromatic rings. The number of methoxy groups -OCH3 is 1. The molecule has 0 radical (unpaired) electrons. The number of benzene rings is 1. The van der Waals surface area contributed by atoms with Crippen LogP contribution in [0, 0.1) is 12.8 Å². The number of halogens is 1. The van der Waals surface area contributed by atoms with E-state index in [1.54, 1.807) is 7.11 Å². The van der Waals surface area contributed by atoms with Crippen LogP contribution in [0.5, 0.6) is 5.75 Å². The van der Waals surface area contributed by atoms with E-state index in [0.29, 0.717) is 5.92 Å². The summed E-state index contributed by atoms with van der Waals surface area (Å²) in [5.74, 6) is 1.62. The summed E-state index contributed by atoms with van der Waals surface area (Å²) in [6, 6.07) is 6.49. The van der Waals surface area contributed by atoms with E-state index in [9.17, 15) is 0 Å². The normalized spacial score (nSPS) is 17.2. The number of hydrogen-bond acceptors (Lipinski definition) is 2. The molecule has 1 atom stereocenters. The maximum Gasteiger partial charge on any atom is 0.122 e. The van der Waals surface area contributed by atoms with Crippen LogP contribution in [0.1, 0.15) is 36.4 Å². The highest BCUT2D eigenvalue weighted by Gasteiger charge is 2.25. The summed E-state index contributed by atoms with van der Waals surface area (Å²) in [5, 5.41) is 0. The Hall–Kier alpha value is -0.730. The van der Waals surface area contributed by atoms with Crippen LogP contribution in [0.2, 0.25) is 0 Å². The Morgan fingerprint density at radius 3 is 2.56 bits per heavy atom. The van der Waals surface area contributed by atoms with Crippen LogP contribution >= 0.6 is 12.4 Å². The van der Waals surface area contributed by atoms with Gasteiger partial charge in [-0.2, -0.15) is 0 Å². The minimum atomic E-state index is 0. The van der Waals surface area contributed by atoms with E-state index >= 15 is 0 Å². The molecule has 1 aromatic carbocycles. The molecule has 1 fully saturated rings. The molecular weight excluding hydrogens is 222 g/mol. The predicted molar refractivity (Wildman–Crippen MR) is 69.2 cm³/mol. The van der Waals surface area contributed by atoms with Crippen molar-refractivity contribution in [2.24, 2.45) is 11.7 Å². The Morgan fingerprint density at radius 1 is 1.38 bits per heavy atom. The first-order valence-corrected chi connectivity index (χ1v) is 5.62. The van der Waals surface area contributed by atoms with Crippen molar-refractivity contribution < 1.29 is 4.74 Å². The van der Waals surface area contributed by atoms with Crippen LogP contribution in [-0.2, 0) is 0 Å². The largest absolute Gasteiger partial charge is 0.496 e. The van der Waals surface area contributed by atoms with Crippen molar-refractivity contribution in [2.45, 2.75) is 32.2 Å². The van der Waals surface area contributed by atoms with Gasteiger partial charge >= 0.3 is 0 Å². The molecule has 90 valence electrons. The highest BCUT2D eigenvalue weighted by Crippen LogP contribution is 2.37. The van der Waals surface area contributed by atoms with Crippen LogP contribution in [0.25, 0.3) is 0 Å². The standard InChI is InChI=1S/C13H19NO.ClH/c1-9-6-7-11(8-12(9)15-2)13(14)10-4-3-5-10;/h6-8,10,13H,3-5,14H2,1-2H3;1H/t13-;/m1./s1. The first-order valence-electron chi connectivity index (χ1n) is 5.62. The second kappa shape index (κ2) is 5.55. The molecule has 0 bridgehead atoms. The van der Waals surface area contributed by atoms with Crippen molar-refractivity contribution in [3.63, 3.8) is 0 Å². The van der Waals surface area contributed by atoms with Gasteiger partial charge in [-0.25, -0.2) is 0 Å². The van der Waals surface area contributed by atoms with Gasteiger partial charge in [0.15, 0.2) is 0 Å². The number of rotatable bonds is 3. The number of ether oxygens (including phenoxy) is 1. The minimum Gasteiger partial charge on any atom is -0.496 e. The molecule has 0 unspecified atom stereocenters. The molecule has 0 spiro atoms. The van der Waals surface area contributed by atoms with E-state index in [4.69, 9.17) is 10.5 Å². The topological polar surface area (TPSA) is 35.2 Å². The molecular formula is C13H20ClNO. The first-order chi connectivity index (χ1) is 7.22. The molecule has 1 aliphatic rings. The highest BCUT2D eigenvalue weighted by atomic mass is 35.5. The minimum absolute atomic E-state index is 0. The molecule has 1 saturated carbocycles. The van der Waals surface area contributed by atoms with Crippen molar-refractivity contribution in [1.82, 2.24) is 0 Å². The van der Waals surface area contributed by atoms with Gasteiger partial charge in [0.1, 0.15) is 5.75 Å². The van der Waals surface area contributed by atoms with Gasteiger partial charge in [0.25, 0.3) is 0 Å². The Kier molecular flexibility index (Phi) is 4.63. The van der Waals surface area contributed by atoms with E-state index in [0.717, 1.165) is 5.75 Å². The molecule has 0 heterocycles. The van der Waals surface area contributed by atoms with Crippen molar-refractivity contribution in [3.05, 3.63) is 29.3 Å². The van der Waals surface area contributed by atoms with Crippen LogP contribution in [0.3, 0.4) is 0 Å². The molecule has 2 nitrogen and oxygen atoms in total. The zero-order chi connectivity index (χ0) is 10.8. The summed E-state index contributed by atoms with van der Waals surface area (Å²) in [7, 11) is 1.71. The van der Waals surface area contributed by atoms with Gasteiger partial charge in [0.05, 0.1) is 7.11 Å². The summed E-state index contributed by atoms with van der Waals surface area (Å²) in [6.45, 7) is 2.05. The van der Waals surface area contributed by atoms with Crippen molar-refractivity contribution in [3.8, 4) is 5.75 Å². The first kappa shape index (κ1) is 13.3.